The van der Waals surface area contributed by atoms with Gasteiger partial charge in [0.05, 0.1) is 0 Å². The van der Waals surface area contributed by atoms with Crippen molar-refractivity contribution in [1.82, 2.24) is 15.2 Å². The van der Waals surface area contributed by atoms with Crippen LogP contribution in [0.5, 0.6) is 5.75 Å². The minimum Gasteiger partial charge on any atom is -0.505 e. The Hall–Kier alpha value is -2.50. The van der Waals surface area contributed by atoms with E-state index in [1.54, 1.807) is 12.1 Å². The van der Waals surface area contributed by atoms with Gasteiger partial charge in [0.2, 0.25) is 0 Å². The van der Waals surface area contributed by atoms with Crippen molar-refractivity contribution in [3.63, 3.8) is 0 Å². The molecule has 0 aliphatic rings. The summed E-state index contributed by atoms with van der Waals surface area (Å²) in [6.45, 7) is 0. The zero-order valence-electron chi connectivity index (χ0n) is 8.16. The van der Waals surface area contributed by atoms with E-state index in [0.717, 1.165) is 0 Å². The highest BCUT2D eigenvalue weighted by molar-refractivity contribution is 6.03. The fraction of sp³-hybridized carbons (Fsp3) is 0. The standard InChI is InChI=1S/C10H8N4O2/c15-7-3-1-5-11-9(7)10(16)13-8-4-2-6-12-14-8/h1-6,15H,(H,13,14,16). The number of amides is 1. The molecule has 0 radical (unpaired) electrons. The van der Waals surface area contributed by atoms with Gasteiger partial charge in [0.25, 0.3) is 5.91 Å². The van der Waals surface area contributed by atoms with Crippen molar-refractivity contribution in [2.75, 3.05) is 5.32 Å². The van der Waals surface area contributed by atoms with E-state index in [0.29, 0.717) is 5.82 Å². The quantitative estimate of drug-likeness (QED) is 0.776. The second kappa shape index (κ2) is 4.35. The average Bonchev–Trinajstić information content (AvgIpc) is 2.31. The van der Waals surface area contributed by atoms with Gasteiger partial charge in [-0.05, 0) is 24.3 Å². The first-order valence-corrected chi connectivity index (χ1v) is 4.50. The summed E-state index contributed by atoms with van der Waals surface area (Å²) in [4.78, 5) is 15.4. The van der Waals surface area contributed by atoms with Crippen LogP contribution in [0.2, 0.25) is 0 Å². The zero-order chi connectivity index (χ0) is 11.4. The third kappa shape index (κ3) is 2.11. The predicted octanol–water partition coefficient (Wildman–Crippen LogP) is 0.829. The molecule has 0 saturated carbocycles. The van der Waals surface area contributed by atoms with E-state index < -0.39 is 5.91 Å². The number of nitrogens with zero attached hydrogens (tertiary/aromatic N) is 3. The molecule has 2 heterocycles. The van der Waals surface area contributed by atoms with E-state index in [1.807, 2.05) is 0 Å². The lowest BCUT2D eigenvalue weighted by molar-refractivity contribution is 0.101. The largest absolute Gasteiger partial charge is 0.505 e. The molecule has 0 unspecified atom stereocenters. The molecule has 16 heavy (non-hydrogen) atoms. The summed E-state index contributed by atoms with van der Waals surface area (Å²) in [6, 6.07) is 6.15. The normalized spacial score (nSPS) is 9.75. The third-order valence-electron chi connectivity index (χ3n) is 1.82. The first-order chi connectivity index (χ1) is 7.77. The van der Waals surface area contributed by atoms with Gasteiger partial charge in [-0.3, -0.25) is 4.79 Å². The first-order valence-electron chi connectivity index (χ1n) is 4.50. The number of anilines is 1. The van der Waals surface area contributed by atoms with Crippen LogP contribution >= 0.6 is 0 Å². The maximum atomic E-state index is 11.6. The summed E-state index contributed by atoms with van der Waals surface area (Å²) in [5.74, 6) is -0.403. The van der Waals surface area contributed by atoms with Gasteiger partial charge in [-0.1, -0.05) is 0 Å². The minimum atomic E-state index is -0.529. The smallest absolute Gasteiger partial charge is 0.279 e. The maximum Gasteiger partial charge on any atom is 0.279 e. The molecule has 2 N–H and O–H groups in total. The summed E-state index contributed by atoms with van der Waals surface area (Å²) in [5.41, 5.74) is -0.0480. The molecule has 0 aliphatic heterocycles. The monoisotopic (exact) mass is 216 g/mol. The fourth-order valence-corrected chi connectivity index (χ4v) is 1.12. The van der Waals surface area contributed by atoms with Gasteiger partial charge in [0, 0.05) is 12.4 Å². The van der Waals surface area contributed by atoms with Crippen LogP contribution in [0.3, 0.4) is 0 Å². The number of hydrogen-bond donors (Lipinski definition) is 2. The van der Waals surface area contributed by atoms with Crippen LogP contribution < -0.4 is 5.32 Å². The number of aromatic hydroxyl groups is 1. The van der Waals surface area contributed by atoms with E-state index in [1.165, 1.54) is 24.5 Å². The molecule has 0 aliphatic carbocycles. The van der Waals surface area contributed by atoms with Crippen LogP contribution in [0, 0.1) is 0 Å². The Labute approximate surface area is 91.0 Å². The fourth-order valence-electron chi connectivity index (χ4n) is 1.12. The molecule has 0 aromatic carbocycles. The van der Waals surface area contributed by atoms with Gasteiger partial charge < -0.3 is 10.4 Å². The molecule has 2 rings (SSSR count). The van der Waals surface area contributed by atoms with Gasteiger partial charge in [-0.15, -0.1) is 5.10 Å². The number of carbonyl (C=O) groups is 1. The van der Waals surface area contributed by atoms with Crippen LogP contribution in [0.1, 0.15) is 10.5 Å². The van der Waals surface area contributed by atoms with E-state index in [2.05, 4.69) is 20.5 Å². The molecule has 0 atom stereocenters. The predicted molar refractivity (Wildman–Crippen MR) is 55.9 cm³/mol. The van der Waals surface area contributed by atoms with E-state index in [-0.39, 0.29) is 11.4 Å². The van der Waals surface area contributed by atoms with E-state index in [4.69, 9.17) is 0 Å². The highest BCUT2D eigenvalue weighted by atomic mass is 16.3. The van der Waals surface area contributed by atoms with Gasteiger partial charge >= 0.3 is 0 Å². The van der Waals surface area contributed by atoms with Crippen molar-refractivity contribution in [2.24, 2.45) is 0 Å². The Bertz CT molecular complexity index is 501. The van der Waals surface area contributed by atoms with Crippen molar-refractivity contribution in [1.29, 1.82) is 0 Å². The topological polar surface area (TPSA) is 88.0 Å². The number of hydrogen-bond acceptors (Lipinski definition) is 5. The first kappa shape index (κ1) is 10.0. The second-order valence-corrected chi connectivity index (χ2v) is 2.93. The minimum absolute atomic E-state index is 0.0480. The third-order valence-corrected chi connectivity index (χ3v) is 1.82. The molecule has 6 nitrogen and oxygen atoms in total. The summed E-state index contributed by atoms with van der Waals surface area (Å²) in [7, 11) is 0. The average molecular weight is 216 g/mol. The summed E-state index contributed by atoms with van der Waals surface area (Å²) >= 11 is 0. The highest BCUT2D eigenvalue weighted by Gasteiger charge is 2.12. The van der Waals surface area contributed by atoms with E-state index >= 15 is 0 Å². The number of aromatic nitrogens is 3. The van der Waals surface area contributed by atoms with Gasteiger partial charge in [-0.2, -0.15) is 5.10 Å². The Kier molecular flexibility index (Phi) is 2.73. The van der Waals surface area contributed by atoms with Crippen molar-refractivity contribution < 1.29 is 9.90 Å². The number of carbonyl (C=O) groups excluding carboxylic acids is 1. The number of rotatable bonds is 2. The van der Waals surface area contributed by atoms with Crippen LogP contribution in [-0.4, -0.2) is 26.2 Å². The molecule has 0 bridgehead atoms. The van der Waals surface area contributed by atoms with Crippen LogP contribution in [0.25, 0.3) is 0 Å². The lowest BCUT2D eigenvalue weighted by Gasteiger charge is -2.03. The highest BCUT2D eigenvalue weighted by Crippen LogP contribution is 2.13. The molecule has 0 saturated heterocycles. The Morgan fingerprint density at radius 3 is 2.75 bits per heavy atom. The summed E-state index contributed by atoms with van der Waals surface area (Å²) in [6.07, 6.45) is 2.92. The van der Waals surface area contributed by atoms with Crippen LogP contribution in [0.4, 0.5) is 5.82 Å². The van der Waals surface area contributed by atoms with Crippen molar-refractivity contribution >= 4 is 11.7 Å². The Morgan fingerprint density at radius 1 is 1.25 bits per heavy atom. The van der Waals surface area contributed by atoms with Crippen LogP contribution in [0.15, 0.2) is 36.7 Å². The maximum absolute atomic E-state index is 11.6. The van der Waals surface area contributed by atoms with Gasteiger partial charge in [0.15, 0.2) is 11.5 Å². The molecule has 6 heteroatoms. The summed E-state index contributed by atoms with van der Waals surface area (Å²) < 4.78 is 0. The lowest BCUT2D eigenvalue weighted by Crippen LogP contribution is -2.14. The molecule has 2 aromatic heterocycles. The second-order valence-electron chi connectivity index (χ2n) is 2.93. The van der Waals surface area contributed by atoms with E-state index in [9.17, 15) is 9.90 Å². The Balaban J connectivity index is 2.19. The molecular weight excluding hydrogens is 208 g/mol. The number of nitrogens with one attached hydrogen (secondary N) is 1. The molecule has 0 spiro atoms. The molecule has 0 fully saturated rings. The van der Waals surface area contributed by atoms with Crippen molar-refractivity contribution in [3.05, 3.63) is 42.4 Å². The summed E-state index contributed by atoms with van der Waals surface area (Å²) in [5, 5.41) is 19.2. The molecule has 80 valence electrons. The molecule has 2 aromatic rings. The molecule has 1 amide bonds. The van der Waals surface area contributed by atoms with Crippen LogP contribution in [-0.2, 0) is 0 Å². The SMILES string of the molecule is O=C(Nc1cccnn1)c1ncccc1O. The van der Waals surface area contributed by atoms with Crippen molar-refractivity contribution in [2.45, 2.75) is 0 Å². The van der Waals surface area contributed by atoms with Gasteiger partial charge in [-0.25, -0.2) is 4.98 Å². The van der Waals surface area contributed by atoms with Crippen molar-refractivity contribution in [3.8, 4) is 5.75 Å². The van der Waals surface area contributed by atoms with Gasteiger partial charge in [0.1, 0.15) is 5.75 Å². The Morgan fingerprint density at radius 2 is 2.06 bits per heavy atom. The number of pyridine rings is 1. The zero-order valence-corrected chi connectivity index (χ0v) is 8.16. The lowest BCUT2D eigenvalue weighted by atomic mass is 10.3. The molecular formula is C10H8N4O2.